The topological polar surface area (TPSA) is 80.6 Å². The predicted octanol–water partition coefficient (Wildman–Crippen LogP) is 1.48. The van der Waals surface area contributed by atoms with Gasteiger partial charge >= 0.3 is 0 Å². The first-order valence-corrected chi connectivity index (χ1v) is 8.67. The van der Waals surface area contributed by atoms with Crippen LogP contribution in [0.3, 0.4) is 0 Å². The van der Waals surface area contributed by atoms with E-state index in [4.69, 9.17) is 4.74 Å². The second kappa shape index (κ2) is 7.40. The monoisotopic (exact) mass is 318 g/mol. The van der Waals surface area contributed by atoms with Crippen molar-refractivity contribution in [2.24, 2.45) is 0 Å². The molecular weight excluding hydrogens is 292 g/mol. The van der Waals surface area contributed by atoms with Crippen molar-refractivity contribution >= 4 is 10.0 Å². The number of sulfonamides is 1. The highest BCUT2D eigenvalue weighted by molar-refractivity contribution is 7.89. The summed E-state index contributed by atoms with van der Waals surface area (Å²) in [6.45, 7) is 8.75. The van der Waals surface area contributed by atoms with Crippen LogP contribution in [-0.2, 0) is 27.9 Å². The summed E-state index contributed by atoms with van der Waals surface area (Å²) in [5.74, 6) is 0. The van der Waals surface area contributed by atoms with E-state index in [9.17, 15) is 13.5 Å². The van der Waals surface area contributed by atoms with E-state index >= 15 is 0 Å². The van der Waals surface area contributed by atoms with E-state index in [0.717, 1.165) is 6.42 Å². The van der Waals surface area contributed by atoms with Crippen LogP contribution in [0.2, 0.25) is 0 Å². The van der Waals surface area contributed by atoms with Crippen LogP contribution < -0.4 is 4.72 Å². The number of ether oxygens (including phenoxy) is 1. The third-order valence-corrected chi connectivity index (χ3v) is 4.49. The van der Waals surface area contributed by atoms with Crippen molar-refractivity contribution in [3.05, 3.63) is 18.0 Å². The van der Waals surface area contributed by atoms with Gasteiger partial charge in [-0.2, -0.15) is 0 Å². The lowest BCUT2D eigenvalue weighted by Crippen LogP contribution is -2.40. The smallest absolute Gasteiger partial charge is 0.242 e. The zero-order valence-corrected chi connectivity index (χ0v) is 14.0. The lowest BCUT2D eigenvalue weighted by molar-refractivity contribution is -0.00515. The number of aryl methyl sites for hydroxylation is 1. The Morgan fingerprint density at radius 3 is 2.57 bits per heavy atom. The van der Waals surface area contributed by atoms with Crippen LogP contribution in [0.4, 0.5) is 0 Å². The third kappa shape index (κ3) is 5.10. The summed E-state index contributed by atoms with van der Waals surface area (Å²) in [7, 11) is -3.60. The Morgan fingerprint density at radius 2 is 2.05 bits per heavy atom. The Morgan fingerprint density at radius 1 is 1.38 bits per heavy atom. The number of aliphatic hydroxyl groups is 1. The van der Waals surface area contributed by atoms with Crippen LogP contribution in [-0.4, -0.2) is 36.8 Å². The zero-order valence-electron chi connectivity index (χ0n) is 13.2. The van der Waals surface area contributed by atoms with Crippen LogP contribution in [0, 0.1) is 0 Å². The van der Waals surface area contributed by atoms with Gasteiger partial charge in [-0.25, -0.2) is 13.1 Å². The molecule has 0 aliphatic rings. The highest BCUT2D eigenvalue weighted by Crippen LogP contribution is 2.16. The number of aliphatic hydroxyl groups excluding tert-OH is 1. The third-order valence-electron chi connectivity index (χ3n) is 3.12. The maximum absolute atomic E-state index is 12.3. The Kier molecular flexibility index (Phi) is 6.40. The van der Waals surface area contributed by atoms with Gasteiger partial charge in [0, 0.05) is 31.6 Å². The van der Waals surface area contributed by atoms with Gasteiger partial charge in [0.15, 0.2) is 0 Å². The molecule has 1 aromatic rings. The number of hydrogen-bond donors (Lipinski definition) is 2. The highest BCUT2D eigenvalue weighted by atomic mass is 32.2. The Labute approximate surface area is 127 Å². The average Bonchev–Trinajstić information content (AvgIpc) is 2.81. The van der Waals surface area contributed by atoms with E-state index < -0.39 is 15.6 Å². The van der Waals surface area contributed by atoms with Crippen molar-refractivity contribution in [3.8, 4) is 0 Å². The van der Waals surface area contributed by atoms with Crippen molar-refractivity contribution in [1.29, 1.82) is 0 Å². The number of hydrogen-bond acceptors (Lipinski definition) is 4. The standard InChI is InChI=1S/C14H26N2O4S/c1-5-7-16-9-13(8-12(16)10-17)21(18,19)15-11-14(3,4)20-6-2/h8-9,15,17H,5-7,10-11H2,1-4H3. The summed E-state index contributed by atoms with van der Waals surface area (Å²) < 4.78 is 34.4. The molecule has 0 unspecified atom stereocenters. The molecule has 1 heterocycles. The molecule has 0 amide bonds. The molecule has 0 radical (unpaired) electrons. The molecule has 0 fully saturated rings. The molecule has 0 saturated carbocycles. The van der Waals surface area contributed by atoms with Crippen LogP contribution in [0.5, 0.6) is 0 Å². The van der Waals surface area contributed by atoms with Gasteiger partial charge in [-0.1, -0.05) is 6.92 Å². The molecule has 0 bridgehead atoms. The van der Waals surface area contributed by atoms with E-state index in [0.29, 0.717) is 18.8 Å². The minimum Gasteiger partial charge on any atom is -0.390 e. The molecule has 6 nitrogen and oxygen atoms in total. The largest absolute Gasteiger partial charge is 0.390 e. The molecule has 0 aliphatic heterocycles. The molecule has 0 aliphatic carbocycles. The molecule has 7 heteroatoms. The van der Waals surface area contributed by atoms with Crippen LogP contribution in [0.1, 0.15) is 39.8 Å². The van der Waals surface area contributed by atoms with Gasteiger partial charge in [0.2, 0.25) is 10.0 Å². The quantitative estimate of drug-likeness (QED) is 0.723. The lowest BCUT2D eigenvalue weighted by Gasteiger charge is -2.24. The zero-order chi connectivity index (χ0) is 16.1. The van der Waals surface area contributed by atoms with Crippen molar-refractivity contribution in [1.82, 2.24) is 9.29 Å². The van der Waals surface area contributed by atoms with E-state index in [2.05, 4.69) is 4.72 Å². The minimum absolute atomic E-state index is 0.173. The summed E-state index contributed by atoms with van der Waals surface area (Å²) in [6, 6.07) is 1.51. The van der Waals surface area contributed by atoms with Gasteiger partial charge in [0.05, 0.1) is 17.1 Å². The van der Waals surface area contributed by atoms with Crippen molar-refractivity contribution < 1.29 is 18.3 Å². The second-order valence-corrected chi connectivity index (χ2v) is 7.30. The van der Waals surface area contributed by atoms with E-state index in [1.54, 1.807) is 10.8 Å². The molecular formula is C14H26N2O4S. The molecule has 0 saturated heterocycles. The predicted molar refractivity (Wildman–Crippen MR) is 81.5 cm³/mol. The van der Waals surface area contributed by atoms with Gasteiger partial charge in [-0.05, 0) is 33.3 Å². The Hall–Kier alpha value is -0.890. The molecule has 0 spiro atoms. The lowest BCUT2D eigenvalue weighted by atomic mass is 10.1. The molecule has 122 valence electrons. The maximum Gasteiger partial charge on any atom is 0.242 e. The van der Waals surface area contributed by atoms with Gasteiger partial charge in [0.1, 0.15) is 0 Å². The van der Waals surface area contributed by atoms with Crippen molar-refractivity contribution in [2.75, 3.05) is 13.2 Å². The van der Waals surface area contributed by atoms with Crippen molar-refractivity contribution in [3.63, 3.8) is 0 Å². The van der Waals surface area contributed by atoms with Gasteiger partial charge in [-0.15, -0.1) is 0 Å². The van der Waals surface area contributed by atoms with Gasteiger partial charge in [0.25, 0.3) is 0 Å². The summed E-state index contributed by atoms with van der Waals surface area (Å²) in [5.41, 5.74) is 0.0365. The first-order chi connectivity index (χ1) is 9.75. The first kappa shape index (κ1) is 18.2. The maximum atomic E-state index is 12.3. The summed E-state index contributed by atoms with van der Waals surface area (Å²) in [4.78, 5) is 0.173. The number of rotatable bonds is 9. The van der Waals surface area contributed by atoms with E-state index in [-0.39, 0.29) is 18.0 Å². The average molecular weight is 318 g/mol. The molecule has 1 rings (SSSR count). The number of nitrogens with zero attached hydrogens (tertiary/aromatic N) is 1. The second-order valence-electron chi connectivity index (χ2n) is 5.54. The van der Waals surface area contributed by atoms with E-state index in [1.165, 1.54) is 6.07 Å². The molecule has 21 heavy (non-hydrogen) atoms. The molecule has 0 atom stereocenters. The normalized spacial score (nSPS) is 12.8. The Bertz CT molecular complexity index is 549. The summed E-state index contributed by atoms with van der Waals surface area (Å²) >= 11 is 0. The molecule has 0 aromatic carbocycles. The Balaban J connectivity index is 2.88. The minimum atomic E-state index is -3.60. The number of aromatic nitrogens is 1. The molecule has 1 aromatic heterocycles. The van der Waals surface area contributed by atoms with Gasteiger partial charge in [-0.3, -0.25) is 0 Å². The van der Waals surface area contributed by atoms with Crippen molar-refractivity contribution in [2.45, 2.75) is 57.8 Å². The van der Waals surface area contributed by atoms with E-state index in [1.807, 2.05) is 27.7 Å². The fourth-order valence-corrected chi connectivity index (χ4v) is 3.31. The number of nitrogens with one attached hydrogen (secondary N) is 1. The fraction of sp³-hybridized carbons (Fsp3) is 0.714. The SMILES string of the molecule is CCCn1cc(S(=O)(=O)NCC(C)(C)OCC)cc1CO. The first-order valence-electron chi connectivity index (χ1n) is 7.19. The summed E-state index contributed by atoms with van der Waals surface area (Å²) in [5, 5.41) is 9.30. The molecule has 2 N–H and O–H groups in total. The summed E-state index contributed by atoms with van der Waals surface area (Å²) in [6.07, 6.45) is 2.43. The van der Waals surface area contributed by atoms with Gasteiger partial charge < -0.3 is 14.4 Å². The van der Waals surface area contributed by atoms with Crippen LogP contribution in [0.25, 0.3) is 0 Å². The fourth-order valence-electron chi connectivity index (χ4n) is 2.05. The van der Waals surface area contributed by atoms with Crippen LogP contribution in [0.15, 0.2) is 17.2 Å². The highest BCUT2D eigenvalue weighted by Gasteiger charge is 2.24. The van der Waals surface area contributed by atoms with Crippen LogP contribution >= 0.6 is 0 Å².